The lowest BCUT2D eigenvalue weighted by molar-refractivity contribution is -0.147. The molecule has 1 aliphatic heterocycles. The van der Waals surface area contributed by atoms with Crippen LogP contribution in [-0.2, 0) is 14.3 Å². The van der Waals surface area contributed by atoms with Gasteiger partial charge in [-0.2, -0.15) is 0 Å². The molecule has 2 aromatic carbocycles. The molecular formula is C21H22Cl2N2O3. The zero-order valence-electron chi connectivity index (χ0n) is 15.5. The quantitative estimate of drug-likeness (QED) is 0.720. The van der Waals surface area contributed by atoms with Gasteiger partial charge < -0.3 is 10.1 Å². The first-order valence-corrected chi connectivity index (χ1v) is 9.87. The van der Waals surface area contributed by atoms with Crippen molar-refractivity contribution in [3.05, 3.63) is 64.1 Å². The highest BCUT2D eigenvalue weighted by molar-refractivity contribution is 6.35. The van der Waals surface area contributed by atoms with Crippen LogP contribution in [-0.4, -0.2) is 37.0 Å². The van der Waals surface area contributed by atoms with Crippen molar-refractivity contribution in [2.45, 2.75) is 18.9 Å². The number of methoxy groups -OCH3 is 1. The SMILES string of the molecule is COC(=O)C1CCN([C@@H](C(=O)Nc2cc(Cl)cc(Cl)c2)c2ccccc2)CC1. The summed E-state index contributed by atoms with van der Waals surface area (Å²) in [6.07, 6.45) is 1.32. The first-order chi connectivity index (χ1) is 13.5. The lowest BCUT2D eigenvalue weighted by Gasteiger charge is -2.36. The molecule has 1 atom stereocenters. The van der Waals surface area contributed by atoms with E-state index in [2.05, 4.69) is 10.2 Å². The summed E-state index contributed by atoms with van der Waals surface area (Å²) in [4.78, 5) is 27.1. The number of anilines is 1. The Bertz CT molecular complexity index is 817. The minimum absolute atomic E-state index is 0.118. The van der Waals surface area contributed by atoms with Crippen molar-refractivity contribution in [2.75, 3.05) is 25.5 Å². The van der Waals surface area contributed by atoms with E-state index in [9.17, 15) is 9.59 Å². The van der Waals surface area contributed by atoms with Crippen molar-refractivity contribution in [3.63, 3.8) is 0 Å². The predicted octanol–water partition coefficient (Wildman–Crippen LogP) is 4.56. The van der Waals surface area contributed by atoms with E-state index in [-0.39, 0.29) is 17.8 Å². The lowest BCUT2D eigenvalue weighted by Crippen LogP contribution is -2.43. The number of rotatable bonds is 5. The summed E-state index contributed by atoms with van der Waals surface area (Å²) in [6.45, 7) is 1.26. The topological polar surface area (TPSA) is 58.6 Å². The molecule has 28 heavy (non-hydrogen) atoms. The van der Waals surface area contributed by atoms with Crippen LogP contribution in [0, 0.1) is 5.92 Å². The number of carbonyl (C=O) groups excluding carboxylic acids is 2. The molecule has 0 aromatic heterocycles. The van der Waals surface area contributed by atoms with Gasteiger partial charge in [0.2, 0.25) is 5.91 Å². The van der Waals surface area contributed by atoms with Crippen molar-refractivity contribution in [3.8, 4) is 0 Å². The molecule has 0 radical (unpaired) electrons. The summed E-state index contributed by atoms with van der Waals surface area (Å²) in [5.74, 6) is -0.470. The zero-order chi connectivity index (χ0) is 20.1. The highest BCUT2D eigenvalue weighted by Crippen LogP contribution is 2.30. The normalized spacial score (nSPS) is 16.4. The number of hydrogen-bond donors (Lipinski definition) is 1. The highest BCUT2D eigenvalue weighted by atomic mass is 35.5. The second-order valence-corrected chi connectivity index (χ2v) is 7.67. The Balaban J connectivity index is 1.80. The summed E-state index contributed by atoms with van der Waals surface area (Å²) in [5.41, 5.74) is 1.44. The molecule has 1 heterocycles. The van der Waals surface area contributed by atoms with E-state index in [0.717, 1.165) is 5.56 Å². The van der Waals surface area contributed by atoms with Crippen LogP contribution in [0.2, 0.25) is 10.0 Å². The Kier molecular flexibility index (Phi) is 6.94. The standard InChI is InChI=1S/C21H22Cl2N2O3/c1-28-21(27)15-7-9-25(10-8-15)19(14-5-3-2-4-6-14)20(26)24-18-12-16(22)11-17(23)13-18/h2-6,11-13,15,19H,7-10H2,1H3,(H,24,26)/t19-/m1/s1. The van der Waals surface area contributed by atoms with Gasteiger partial charge in [-0.25, -0.2) is 0 Å². The molecule has 2 aromatic rings. The zero-order valence-corrected chi connectivity index (χ0v) is 17.0. The van der Waals surface area contributed by atoms with Gasteiger partial charge in [-0.05, 0) is 36.6 Å². The lowest BCUT2D eigenvalue weighted by atomic mass is 9.94. The van der Waals surface area contributed by atoms with Crippen LogP contribution in [0.4, 0.5) is 5.69 Å². The van der Waals surface area contributed by atoms with Gasteiger partial charge in [0.25, 0.3) is 0 Å². The van der Waals surface area contributed by atoms with Gasteiger partial charge in [-0.15, -0.1) is 0 Å². The van der Waals surface area contributed by atoms with Gasteiger partial charge >= 0.3 is 5.97 Å². The fraction of sp³-hybridized carbons (Fsp3) is 0.333. The molecule has 0 saturated carbocycles. The monoisotopic (exact) mass is 420 g/mol. The van der Waals surface area contributed by atoms with Crippen LogP contribution >= 0.6 is 23.2 Å². The first-order valence-electron chi connectivity index (χ1n) is 9.11. The average molecular weight is 421 g/mol. The third kappa shape index (κ3) is 5.04. The number of likely N-dealkylation sites (tertiary alicyclic amines) is 1. The third-order valence-electron chi connectivity index (χ3n) is 4.92. The summed E-state index contributed by atoms with van der Waals surface area (Å²) in [5, 5.41) is 3.84. The number of piperidine rings is 1. The van der Waals surface area contributed by atoms with Gasteiger partial charge in [0.15, 0.2) is 0 Å². The second kappa shape index (κ2) is 9.41. The molecule has 0 aliphatic carbocycles. The predicted molar refractivity (Wildman–Crippen MR) is 111 cm³/mol. The minimum Gasteiger partial charge on any atom is -0.469 e. The van der Waals surface area contributed by atoms with Crippen LogP contribution in [0.25, 0.3) is 0 Å². The number of hydrogen-bond acceptors (Lipinski definition) is 4. The van der Waals surface area contributed by atoms with E-state index in [4.69, 9.17) is 27.9 Å². The van der Waals surface area contributed by atoms with E-state index in [0.29, 0.717) is 41.7 Å². The molecule has 7 heteroatoms. The summed E-state index contributed by atoms with van der Waals surface area (Å²) in [6, 6.07) is 14.1. The molecule has 1 fully saturated rings. The average Bonchev–Trinajstić information content (AvgIpc) is 2.68. The summed E-state index contributed by atoms with van der Waals surface area (Å²) in [7, 11) is 1.41. The maximum Gasteiger partial charge on any atom is 0.308 e. The molecule has 5 nitrogen and oxygen atoms in total. The number of nitrogens with zero attached hydrogens (tertiary/aromatic N) is 1. The number of carbonyl (C=O) groups is 2. The highest BCUT2D eigenvalue weighted by Gasteiger charge is 2.33. The van der Waals surface area contributed by atoms with E-state index in [1.165, 1.54) is 7.11 Å². The number of benzene rings is 2. The van der Waals surface area contributed by atoms with Crippen molar-refractivity contribution < 1.29 is 14.3 Å². The molecule has 1 aliphatic rings. The largest absolute Gasteiger partial charge is 0.469 e. The summed E-state index contributed by atoms with van der Waals surface area (Å²) < 4.78 is 4.86. The Morgan fingerprint density at radius 2 is 1.68 bits per heavy atom. The Hall–Kier alpha value is -2.08. The van der Waals surface area contributed by atoms with E-state index in [1.54, 1.807) is 18.2 Å². The van der Waals surface area contributed by atoms with Gasteiger partial charge in [0, 0.05) is 28.8 Å². The number of esters is 1. The van der Waals surface area contributed by atoms with Crippen LogP contribution < -0.4 is 5.32 Å². The number of amides is 1. The molecule has 1 amide bonds. The van der Waals surface area contributed by atoms with Gasteiger partial charge in [-0.1, -0.05) is 53.5 Å². The fourth-order valence-corrected chi connectivity index (χ4v) is 4.09. The first kappa shape index (κ1) is 20.6. The third-order valence-corrected chi connectivity index (χ3v) is 5.36. The summed E-state index contributed by atoms with van der Waals surface area (Å²) >= 11 is 12.1. The van der Waals surface area contributed by atoms with Crippen LogP contribution in [0.5, 0.6) is 0 Å². The number of halogens is 2. The van der Waals surface area contributed by atoms with E-state index < -0.39 is 6.04 Å². The second-order valence-electron chi connectivity index (χ2n) is 6.79. The molecule has 0 bridgehead atoms. The Morgan fingerprint density at radius 1 is 1.07 bits per heavy atom. The molecule has 148 valence electrons. The van der Waals surface area contributed by atoms with Crippen LogP contribution in [0.15, 0.2) is 48.5 Å². The molecular weight excluding hydrogens is 399 g/mol. The van der Waals surface area contributed by atoms with Crippen molar-refractivity contribution in [1.82, 2.24) is 4.90 Å². The van der Waals surface area contributed by atoms with Crippen LogP contribution in [0.3, 0.4) is 0 Å². The van der Waals surface area contributed by atoms with Crippen molar-refractivity contribution in [2.24, 2.45) is 5.92 Å². The van der Waals surface area contributed by atoms with Gasteiger partial charge in [-0.3, -0.25) is 14.5 Å². The molecule has 0 spiro atoms. The number of nitrogens with one attached hydrogen (secondary N) is 1. The maximum atomic E-state index is 13.2. The van der Waals surface area contributed by atoms with Gasteiger partial charge in [0.1, 0.15) is 6.04 Å². The van der Waals surface area contributed by atoms with Crippen molar-refractivity contribution in [1.29, 1.82) is 0 Å². The van der Waals surface area contributed by atoms with Gasteiger partial charge in [0.05, 0.1) is 13.0 Å². The Labute approximate surface area is 174 Å². The molecule has 0 unspecified atom stereocenters. The number of ether oxygens (including phenoxy) is 1. The molecule has 1 saturated heterocycles. The fourth-order valence-electron chi connectivity index (χ4n) is 3.56. The smallest absolute Gasteiger partial charge is 0.308 e. The van der Waals surface area contributed by atoms with E-state index in [1.807, 2.05) is 30.3 Å². The molecule has 1 N–H and O–H groups in total. The molecule has 3 rings (SSSR count). The van der Waals surface area contributed by atoms with Crippen molar-refractivity contribution >= 4 is 40.8 Å². The Morgan fingerprint density at radius 3 is 2.25 bits per heavy atom. The van der Waals surface area contributed by atoms with E-state index >= 15 is 0 Å². The maximum absolute atomic E-state index is 13.2. The van der Waals surface area contributed by atoms with Crippen LogP contribution in [0.1, 0.15) is 24.4 Å². The minimum atomic E-state index is -0.474.